The molecule has 2 aliphatic heterocycles. The Bertz CT molecular complexity index is 2150. The predicted octanol–water partition coefficient (Wildman–Crippen LogP) is 7.47. The maximum absolute atomic E-state index is 6.98. The van der Waals surface area contributed by atoms with E-state index in [0.717, 1.165) is 55.7 Å². The summed E-state index contributed by atoms with van der Waals surface area (Å²) in [5, 5.41) is 16.5. The van der Waals surface area contributed by atoms with Crippen LogP contribution in [-0.4, -0.2) is 11.8 Å². The molecule has 6 N–H and O–H groups in total. The van der Waals surface area contributed by atoms with Crippen molar-refractivity contribution in [2.75, 3.05) is 0 Å². The predicted molar refractivity (Wildman–Crippen MR) is 199 cm³/mol. The third kappa shape index (κ3) is 6.45. The summed E-state index contributed by atoms with van der Waals surface area (Å²) in [6.07, 6.45) is 1.28. The van der Waals surface area contributed by atoms with E-state index in [1.165, 1.54) is 0 Å². The molecule has 7 heteroatoms. The average Bonchev–Trinajstić information content (AvgIpc) is 3.18. The number of nitrogens with two attached hydrogens (primary N) is 1. The van der Waals surface area contributed by atoms with Crippen LogP contribution in [0.5, 0.6) is 0 Å². The van der Waals surface area contributed by atoms with Crippen LogP contribution in [0.25, 0.3) is 16.5 Å². The maximum atomic E-state index is 6.98. The molecule has 0 radical (unpaired) electrons. The van der Waals surface area contributed by atoms with E-state index in [-0.39, 0.29) is 18.4 Å². The molecule has 8 rings (SSSR count). The van der Waals surface area contributed by atoms with Crippen molar-refractivity contribution in [2.24, 2.45) is 15.7 Å². The van der Waals surface area contributed by atoms with Crippen molar-refractivity contribution in [3.8, 4) is 0 Å². The van der Waals surface area contributed by atoms with Gasteiger partial charge in [0.1, 0.15) is 24.3 Å². The lowest BCUT2D eigenvalue weighted by atomic mass is 9.96. The standard InChI is InChI=1S/C42H37N7/c43-38(46-42-44-36(28-15-5-1-6-16-28)27-37(45-42)29-17-7-2-8-18-29)34-25-26-35(33-24-14-13-23-32(33)34)41-48-39(30-19-9-3-10-20-30)47-40(49-41)31-21-11-4-12-22-31/h1-27,36,38-40,47H,43H2,(H,48,49)(H2,44,45,46). The Morgan fingerprint density at radius 3 is 1.88 bits per heavy atom. The number of nitrogens with zero attached hydrogens (tertiary/aromatic N) is 2. The lowest BCUT2D eigenvalue weighted by Crippen LogP contribution is -2.45. The van der Waals surface area contributed by atoms with Crippen LogP contribution in [0.15, 0.2) is 174 Å². The fourth-order valence-corrected chi connectivity index (χ4v) is 6.56. The van der Waals surface area contributed by atoms with Gasteiger partial charge in [-0.25, -0.2) is 9.98 Å². The highest BCUT2D eigenvalue weighted by molar-refractivity contribution is 6.11. The second kappa shape index (κ2) is 13.6. The second-order valence-corrected chi connectivity index (χ2v) is 12.2. The number of hydrogen-bond acceptors (Lipinski definition) is 7. The molecule has 0 aromatic heterocycles. The first kappa shape index (κ1) is 30.3. The molecule has 0 bridgehead atoms. The van der Waals surface area contributed by atoms with E-state index in [1.54, 1.807) is 0 Å². The molecular formula is C42H37N7. The van der Waals surface area contributed by atoms with Crippen LogP contribution in [0, 0.1) is 0 Å². The molecule has 7 nitrogen and oxygen atoms in total. The van der Waals surface area contributed by atoms with Crippen LogP contribution in [0.1, 0.15) is 57.9 Å². The van der Waals surface area contributed by atoms with E-state index in [2.05, 4.69) is 137 Å². The van der Waals surface area contributed by atoms with E-state index < -0.39 is 6.17 Å². The number of fused-ring (bicyclic) bond motifs is 1. The summed E-state index contributed by atoms with van der Waals surface area (Å²) in [6, 6.07) is 53.8. The zero-order valence-corrected chi connectivity index (χ0v) is 26.9. The van der Waals surface area contributed by atoms with Gasteiger partial charge in [-0.1, -0.05) is 158 Å². The smallest absolute Gasteiger partial charge is 0.198 e. The Labute approximate surface area is 286 Å². The van der Waals surface area contributed by atoms with E-state index in [1.807, 2.05) is 48.5 Å². The van der Waals surface area contributed by atoms with Crippen molar-refractivity contribution in [1.82, 2.24) is 21.3 Å². The molecule has 2 aliphatic rings. The van der Waals surface area contributed by atoms with E-state index in [9.17, 15) is 0 Å². The molecule has 2 heterocycles. The van der Waals surface area contributed by atoms with Crippen LogP contribution >= 0.6 is 0 Å². The lowest BCUT2D eigenvalue weighted by molar-refractivity contribution is 0.409. The Balaban J connectivity index is 1.13. The van der Waals surface area contributed by atoms with Crippen molar-refractivity contribution in [3.63, 3.8) is 0 Å². The maximum Gasteiger partial charge on any atom is 0.198 e. The molecule has 0 saturated carbocycles. The van der Waals surface area contributed by atoms with Crippen molar-refractivity contribution in [1.29, 1.82) is 0 Å². The quantitative estimate of drug-likeness (QED) is 0.117. The Morgan fingerprint density at radius 1 is 0.592 bits per heavy atom. The van der Waals surface area contributed by atoms with Gasteiger partial charge >= 0.3 is 0 Å². The van der Waals surface area contributed by atoms with E-state index in [4.69, 9.17) is 15.7 Å². The number of benzene rings is 6. The van der Waals surface area contributed by atoms with Crippen LogP contribution in [0.2, 0.25) is 0 Å². The van der Waals surface area contributed by atoms with Gasteiger partial charge < -0.3 is 21.7 Å². The van der Waals surface area contributed by atoms with Crippen molar-refractivity contribution < 1.29 is 0 Å². The molecule has 6 aromatic rings. The van der Waals surface area contributed by atoms with Gasteiger partial charge in [0, 0.05) is 11.3 Å². The number of rotatable bonds is 7. The Morgan fingerprint density at radius 2 is 1.18 bits per heavy atom. The molecule has 6 aromatic carbocycles. The van der Waals surface area contributed by atoms with E-state index >= 15 is 0 Å². The van der Waals surface area contributed by atoms with Crippen LogP contribution < -0.4 is 27.0 Å². The van der Waals surface area contributed by atoms with Gasteiger partial charge in [0.2, 0.25) is 0 Å². The molecule has 0 spiro atoms. The third-order valence-electron chi connectivity index (χ3n) is 9.02. The van der Waals surface area contributed by atoms with Crippen molar-refractivity contribution >= 4 is 28.3 Å². The van der Waals surface area contributed by atoms with Gasteiger partial charge in [-0.3, -0.25) is 5.32 Å². The Kier molecular flexibility index (Phi) is 8.42. The van der Waals surface area contributed by atoms with Gasteiger partial charge in [0.25, 0.3) is 0 Å². The van der Waals surface area contributed by atoms with Gasteiger partial charge in [-0.2, -0.15) is 0 Å². The van der Waals surface area contributed by atoms with E-state index in [0.29, 0.717) is 5.96 Å². The summed E-state index contributed by atoms with van der Waals surface area (Å²) in [4.78, 5) is 10.2. The van der Waals surface area contributed by atoms with Gasteiger partial charge in [-0.05, 0) is 44.7 Å². The number of hydrogen-bond donors (Lipinski definition) is 5. The summed E-state index contributed by atoms with van der Waals surface area (Å²) in [5.41, 5.74) is 14.4. The lowest BCUT2D eigenvalue weighted by Gasteiger charge is -2.32. The highest BCUT2D eigenvalue weighted by Gasteiger charge is 2.27. The topological polar surface area (TPSA) is 98.9 Å². The minimum atomic E-state index is -0.534. The van der Waals surface area contributed by atoms with Gasteiger partial charge in [0.05, 0.1) is 6.04 Å². The molecule has 240 valence electrons. The monoisotopic (exact) mass is 639 g/mol. The largest absolute Gasteiger partial charge is 0.350 e. The first-order chi connectivity index (χ1) is 24.2. The number of guanidine groups is 1. The number of aliphatic imine (C=N–C) groups is 2. The number of amidine groups is 1. The molecule has 4 unspecified atom stereocenters. The summed E-state index contributed by atoms with van der Waals surface area (Å²) in [7, 11) is 0. The highest BCUT2D eigenvalue weighted by atomic mass is 15.3. The zero-order chi connectivity index (χ0) is 33.0. The van der Waals surface area contributed by atoms with Gasteiger partial charge in [0.15, 0.2) is 5.96 Å². The first-order valence-corrected chi connectivity index (χ1v) is 16.6. The highest BCUT2D eigenvalue weighted by Crippen LogP contribution is 2.31. The zero-order valence-electron chi connectivity index (χ0n) is 26.9. The van der Waals surface area contributed by atoms with Crippen LogP contribution in [0.3, 0.4) is 0 Å². The molecule has 0 saturated heterocycles. The molecule has 49 heavy (non-hydrogen) atoms. The van der Waals surface area contributed by atoms with Crippen LogP contribution in [-0.2, 0) is 0 Å². The fourth-order valence-electron chi connectivity index (χ4n) is 6.56. The summed E-state index contributed by atoms with van der Waals surface area (Å²) in [5.74, 6) is 1.45. The molecule has 0 aliphatic carbocycles. The second-order valence-electron chi connectivity index (χ2n) is 12.2. The Hall–Kier alpha value is -6.02. The minimum Gasteiger partial charge on any atom is -0.350 e. The molecule has 0 amide bonds. The summed E-state index contributed by atoms with van der Waals surface area (Å²) >= 11 is 0. The van der Waals surface area contributed by atoms with Crippen LogP contribution in [0.4, 0.5) is 0 Å². The fraction of sp³-hybridized carbons (Fsp3) is 0.0952. The molecule has 0 fully saturated rings. The van der Waals surface area contributed by atoms with Gasteiger partial charge in [-0.15, -0.1) is 0 Å². The summed E-state index contributed by atoms with van der Waals surface area (Å²) < 4.78 is 0. The minimum absolute atomic E-state index is 0.124. The SMILES string of the molecule is NC(NC1=NC(c2ccccc2)C=C(c2ccccc2)N1)c1ccc(C2=NC(c3ccccc3)NC(c3ccccc3)N2)c2ccccc12. The molecular weight excluding hydrogens is 603 g/mol. The summed E-state index contributed by atoms with van der Waals surface area (Å²) in [6.45, 7) is 0. The first-order valence-electron chi connectivity index (χ1n) is 16.6. The average molecular weight is 640 g/mol. The molecule has 4 atom stereocenters. The van der Waals surface area contributed by atoms with Crippen molar-refractivity contribution in [3.05, 3.63) is 197 Å². The number of nitrogens with one attached hydrogen (secondary N) is 4. The normalized spacial score (nSPS) is 19.4. The van der Waals surface area contributed by atoms with Crippen molar-refractivity contribution in [2.45, 2.75) is 24.5 Å². The third-order valence-corrected chi connectivity index (χ3v) is 9.02.